The van der Waals surface area contributed by atoms with E-state index in [1.165, 1.54) is 18.4 Å². The number of amides is 3. The zero-order valence-corrected chi connectivity index (χ0v) is 33.6. The number of anilines is 4. The molecule has 0 radical (unpaired) electrons. The minimum atomic E-state index is -0.404. The van der Waals surface area contributed by atoms with Crippen molar-refractivity contribution < 1.29 is 19.1 Å². The maximum Gasteiger partial charge on any atom is 0.271 e. The van der Waals surface area contributed by atoms with E-state index in [0.717, 1.165) is 96.9 Å². The zero-order chi connectivity index (χ0) is 40.0. The molecule has 58 heavy (non-hydrogen) atoms. The second-order valence-electron chi connectivity index (χ2n) is 16.2. The molecule has 9 rings (SSSR count). The molecular formula is C44H48ClN9O4. The molecule has 0 bridgehead atoms. The Morgan fingerprint density at radius 2 is 1.74 bits per heavy atom. The Labute approximate surface area is 342 Å². The quantitative estimate of drug-likeness (QED) is 0.111. The van der Waals surface area contributed by atoms with Crippen molar-refractivity contribution in [3.05, 3.63) is 88.8 Å². The van der Waals surface area contributed by atoms with Crippen LogP contribution in [-0.2, 0) is 16.0 Å². The van der Waals surface area contributed by atoms with E-state index >= 15 is 0 Å². The molecule has 4 N–H and O–H groups in total. The van der Waals surface area contributed by atoms with Gasteiger partial charge in [-0.2, -0.15) is 0 Å². The lowest BCUT2D eigenvalue weighted by Crippen LogP contribution is -2.39. The fraction of sp³-hybridized carbons (Fsp3) is 0.409. The van der Waals surface area contributed by atoms with E-state index in [2.05, 4.69) is 55.4 Å². The Bertz CT molecular complexity index is 2380. The molecule has 2 aliphatic carbocycles. The topological polar surface area (TPSA) is 155 Å². The fourth-order valence-electron chi connectivity index (χ4n) is 9.59. The lowest BCUT2D eigenvalue weighted by Gasteiger charge is -2.45. The number of ether oxygens (including phenoxy) is 1. The van der Waals surface area contributed by atoms with E-state index in [0.29, 0.717) is 40.7 Å². The highest BCUT2D eigenvalue weighted by Gasteiger charge is 2.39. The van der Waals surface area contributed by atoms with Crippen LogP contribution in [0.2, 0.25) is 5.02 Å². The number of hydrogen-bond acceptors (Lipinski definition) is 10. The number of piperidine rings is 1. The van der Waals surface area contributed by atoms with Crippen LogP contribution in [0.5, 0.6) is 5.75 Å². The molecule has 5 heterocycles. The van der Waals surface area contributed by atoms with E-state index in [1.807, 2.05) is 43.6 Å². The van der Waals surface area contributed by atoms with Crippen LogP contribution in [0.3, 0.4) is 0 Å². The lowest BCUT2D eigenvalue weighted by atomic mass is 9.64. The van der Waals surface area contributed by atoms with Gasteiger partial charge in [0, 0.05) is 61.1 Å². The van der Waals surface area contributed by atoms with Crippen LogP contribution in [0.1, 0.15) is 91.7 Å². The van der Waals surface area contributed by atoms with Gasteiger partial charge in [0.2, 0.25) is 11.8 Å². The maximum atomic E-state index is 12.6. The van der Waals surface area contributed by atoms with Gasteiger partial charge < -0.3 is 25.6 Å². The number of halogens is 1. The number of carbonyl (C=O) groups is 3. The van der Waals surface area contributed by atoms with Crippen LogP contribution < -0.4 is 30.9 Å². The Morgan fingerprint density at radius 1 is 0.931 bits per heavy atom. The first-order valence-corrected chi connectivity index (χ1v) is 20.8. The molecule has 5 aromatic rings. The van der Waals surface area contributed by atoms with E-state index in [9.17, 15) is 14.4 Å². The SMILES string of the molecule is CNC(=O)c1cnc2c(NC)cc(N3CCc4c(-c5ccc(OC6CCC7(CCC(Nc8ccc(Cl)c(C9CCC(=O)NC9=O)c8)CC7)CC6)cn5)cccc43)nn12. The Hall–Kier alpha value is -5.69. The zero-order valence-electron chi connectivity index (χ0n) is 32.8. The van der Waals surface area contributed by atoms with Crippen molar-refractivity contribution in [2.24, 2.45) is 5.41 Å². The number of carbonyl (C=O) groups excluding carboxylic acids is 3. The first kappa shape index (κ1) is 37.9. The fourth-order valence-corrected chi connectivity index (χ4v) is 9.84. The normalized spacial score (nSPS) is 23.1. The third-order valence-electron chi connectivity index (χ3n) is 12.8. The lowest BCUT2D eigenvalue weighted by molar-refractivity contribution is -0.134. The summed E-state index contributed by atoms with van der Waals surface area (Å²) in [6.07, 6.45) is 14.2. The number of nitrogens with zero attached hydrogens (tertiary/aromatic N) is 5. The largest absolute Gasteiger partial charge is 0.489 e. The van der Waals surface area contributed by atoms with Crippen molar-refractivity contribution in [2.45, 2.75) is 88.7 Å². The Balaban J connectivity index is 0.803. The number of pyridine rings is 1. The van der Waals surface area contributed by atoms with Gasteiger partial charge in [0.05, 0.1) is 35.8 Å². The summed E-state index contributed by atoms with van der Waals surface area (Å²) in [5, 5.41) is 17.5. The number of benzene rings is 2. The van der Waals surface area contributed by atoms with Gasteiger partial charge in [-0.3, -0.25) is 24.7 Å². The van der Waals surface area contributed by atoms with Crippen molar-refractivity contribution in [1.29, 1.82) is 0 Å². The Morgan fingerprint density at radius 3 is 2.48 bits per heavy atom. The molecule has 3 amide bonds. The van der Waals surface area contributed by atoms with Gasteiger partial charge in [0.15, 0.2) is 17.2 Å². The number of imide groups is 1. The second-order valence-corrected chi connectivity index (χ2v) is 16.6. The minimum absolute atomic E-state index is 0.176. The third-order valence-corrected chi connectivity index (χ3v) is 13.2. The first-order valence-electron chi connectivity index (χ1n) is 20.4. The van der Waals surface area contributed by atoms with Crippen LogP contribution >= 0.6 is 11.6 Å². The highest BCUT2D eigenvalue weighted by Crippen LogP contribution is 2.49. The number of imidazole rings is 1. The van der Waals surface area contributed by atoms with Crippen LogP contribution in [0.15, 0.2) is 67.0 Å². The highest BCUT2D eigenvalue weighted by atomic mass is 35.5. The molecule has 2 aliphatic heterocycles. The van der Waals surface area contributed by atoms with Gasteiger partial charge in [-0.25, -0.2) is 9.50 Å². The number of nitrogens with one attached hydrogen (secondary N) is 4. The second kappa shape index (κ2) is 15.6. The summed E-state index contributed by atoms with van der Waals surface area (Å²) in [7, 11) is 3.44. The molecule has 14 heteroatoms. The molecule has 13 nitrogen and oxygen atoms in total. The molecular weight excluding hydrogens is 754 g/mol. The molecule has 2 aromatic carbocycles. The maximum absolute atomic E-state index is 12.6. The molecule has 1 atom stereocenters. The number of rotatable bonds is 9. The average molecular weight is 802 g/mol. The summed E-state index contributed by atoms with van der Waals surface area (Å²) in [5.74, 6) is 0.388. The van der Waals surface area contributed by atoms with Gasteiger partial charge in [0.25, 0.3) is 5.91 Å². The van der Waals surface area contributed by atoms with Crippen molar-refractivity contribution in [3.8, 4) is 17.0 Å². The van der Waals surface area contributed by atoms with Gasteiger partial charge >= 0.3 is 0 Å². The Kier molecular flexibility index (Phi) is 10.2. The monoisotopic (exact) mass is 801 g/mol. The molecule has 2 saturated carbocycles. The van der Waals surface area contributed by atoms with Crippen molar-refractivity contribution in [2.75, 3.05) is 36.2 Å². The van der Waals surface area contributed by atoms with Crippen LogP contribution in [0.4, 0.5) is 22.9 Å². The standard InChI is InChI=1S/C44H48ClN9O4/c1-46-36-23-39(52-54-38(43(57)47-2)25-49-41(36)54)53-21-16-31-30(4-3-5-37(31)53)35-10-7-29(24-48-35)58-28-14-19-44(20-15-28)17-12-26(13-18-44)50-27-6-9-34(45)33(22-27)32-8-11-40(55)51-42(32)56/h3-7,9-10,22-26,28,32,46,50H,8,11-21H2,1-2H3,(H,47,57)(H,51,55,56). The predicted octanol–water partition coefficient (Wildman–Crippen LogP) is 7.42. The van der Waals surface area contributed by atoms with E-state index in [-0.39, 0.29) is 23.8 Å². The van der Waals surface area contributed by atoms with Crippen molar-refractivity contribution in [1.82, 2.24) is 30.2 Å². The van der Waals surface area contributed by atoms with Crippen molar-refractivity contribution >= 4 is 57.8 Å². The molecule has 3 fully saturated rings. The molecule has 4 aliphatic rings. The third kappa shape index (κ3) is 7.20. The molecule has 1 saturated heterocycles. The predicted molar refractivity (Wildman–Crippen MR) is 224 cm³/mol. The highest BCUT2D eigenvalue weighted by molar-refractivity contribution is 6.31. The minimum Gasteiger partial charge on any atom is -0.489 e. The van der Waals surface area contributed by atoms with Crippen LogP contribution in [0.25, 0.3) is 16.9 Å². The van der Waals surface area contributed by atoms with Gasteiger partial charge in [0.1, 0.15) is 5.75 Å². The molecule has 300 valence electrons. The summed E-state index contributed by atoms with van der Waals surface area (Å²) in [6.45, 7) is 0.745. The van der Waals surface area contributed by atoms with Gasteiger partial charge in [-0.1, -0.05) is 23.7 Å². The van der Waals surface area contributed by atoms with Crippen LogP contribution in [-0.4, -0.2) is 70.1 Å². The molecule has 3 aromatic heterocycles. The summed E-state index contributed by atoms with van der Waals surface area (Å²) in [5.41, 5.74) is 8.14. The molecule has 1 unspecified atom stereocenters. The number of hydrogen-bond donors (Lipinski definition) is 4. The van der Waals surface area contributed by atoms with Gasteiger partial charge in [-0.15, -0.1) is 5.10 Å². The smallest absolute Gasteiger partial charge is 0.271 e. The van der Waals surface area contributed by atoms with Gasteiger partial charge in [-0.05, 0) is 117 Å². The number of aromatic nitrogens is 4. The average Bonchev–Trinajstić information content (AvgIpc) is 3.88. The van der Waals surface area contributed by atoms with Crippen molar-refractivity contribution in [3.63, 3.8) is 0 Å². The molecule has 1 spiro atoms. The first-order chi connectivity index (χ1) is 28.2. The summed E-state index contributed by atoms with van der Waals surface area (Å²) in [6, 6.07) is 18.6. The van der Waals surface area contributed by atoms with E-state index < -0.39 is 5.92 Å². The van der Waals surface area contributed by atoms with E-state index in [1.54, 1.807) is 17.8 Å². The summed E-state index contributed by atoms with van der Waals surface area (Å²) < 4.78 is 8.13. The van der Waals surface area contributed by atoms with E-state index in [4.69, 9.17) is 26.4 Å². The number of fused-ring (bicyclic) bond motifs is 2. The summed E-state index contributed by atoms with van der Waals surface area (Å²) in [4.78, 5) is 48.3. The summed E-state index contributed by atoms with van der Waals surface area (Å²) >= 11 is 6.52. The van der Waals surface area contributed by atoms with Crippen LogP contribution in [0, 0.1) is 5.41 Å².